The Morgan fingerprint density at radius 2 is 1.71 bits per heavy atom. The fourth-order valence-electron chi connectivity index (χ4n) is 4.14. The Labute approximate surface area is 200 Å². The van der Waals surface area contributed by atoms with Crippen molar-refractivity contribution in [2.24, 2.45) is 4.99 Å². The Kier molecular flexibility index (Phi) is 7.26. The van der Waals surface area contributed by atoms with Crippen LogP contribution in [0.5, 0.6) is 0 Å². The maximum atomic E-state index is 13.3. The van der Waals surface area contributed by atoms with Crippen molar-refractivity contribution < 1.29 is 9.18 Å². The van der Waals surface area contributed by atoms with E-state index in [0.29, 0.717) is 11.5 Å². The van der Waals surface area contributed by atoms with E-state index in [1.165, 1.54) is 46.6 Å². The summed E-state index contributed by atoms with van der Waals surface area (Å²) in [6.07, 6.45) is 0.912. The number of hydrogen-bond acceptors (Lipinski definition) is 3. The summed E-state index contributed by atoms with van der Waals surface area (Å²) in [4.78, 5) is 22.3. The maximum Gasteiger partial charge on any atom is 0.257 e. The van der Waals surface area contributed by atoms with Crippen molar-refractivity contribution in [3.63, 3.8) is 0 Å². The molecule has 0 unspecified atom stereocenters. The van der Waals surface area contributed by atoms with Gasteiger partial charge in [0.15, 0.2) is 0 Å². The molecule has 1 N–H and O–H groups in total. The minimum absolute atomic E-state index is 0.303. The van der Waals surface area contributed by atoms with Crippen molar-refractivity contribution in [2.45, 2.75) is 27.2 Å². The van der Waals surface area contributed by atoms with Crippen molar-refractivity contribution >= 4 is 23.2 Å². The lowest BCUT2D eigenvalue weighted by atomic mass is 10.1. The molecule has 1 fully saturated rings. The van der Waals surface area contributed by atoms with Crippen molar-refractivity contribution in [1.29, 1.82) is 0 Å². The van der Waals surface area contributed by atoms with Crippen molar-refractivity contribution in [2.75, 3.05) is 31.1 Å². The van der Waals surface area contributed by atoms with E-state index in [9.17, 15) is 9.18 Å². The molecule has 1 saturated heterocycles. The second kappa shape index (κ2) is 10.5. The summed E-state index contributed by atoms with van der Waals surface area (Å²) >= 11 is 0. The lowest BCUT2D eigenvalue weighted by molar-refractivity contribution is 0.0971. The third-order valence-electron chi connectivity index (χ3n) is 6.17. The van der Waals surface area contributed by atoms with Gasteiger partial charge in [-0.2, -0.15) is 0 Å². The van der Waals surface area contributed by atoms with E-state index in [2.05, 4.69) is 60.2 Å². The number of halogens is 1. The molecule has 0 saturated carbocycles. The van der Waals surface area contributed by atoms with Gasteiger partial charge < -0.3 is 9.80 Å². The molecule has 6 heteroatoms. The van der Waals surface area contributed by atoms with Gasteiger partial charge in [-0.15, -0.1) is 0 Å². The van der Waals surface area contributed by atoms with Gasteiger partial charge in [-0.1, -0.05) is 31.2 Å². The molecule has 0 atom stereocenters. The van der Waals surface area contributed by atoms with E-state index in [4.69, 9.17) is 4.99 Å². The Morgan fingerprint density at radius 3 is 2.41 bits per heavy atom. The van der Waals surface area contributed by atoms with Crippen LogP contribution in [0.25, 0.3) is 0 Å². The van der Waals surface area contributed by atoms with Crippen LogP contribution in [-0.2, 0) is 6.42 Å². The van der Waals surface area contributed by atoms with E-state index in [0.717, 1.165) is 38.3 Å². The fraction of sp³-hybridized carbons (Fsp3) is 0.286. The van der Waals surface area contributed by atoms with Gasteiger partial charge >= 0.3 is 0 Å². The Bertz CT molecular complexity index is 1180. The largest absolute Gasteiger partial charge is 0.368 e. The summed E-state index contributed by atoms with van der Waals surface area (Å²) in [6.45, 7) is 9.45. The van der Waals surface area contributed by atoms with Crippen LogP contribution in [-0.4, -0.2) is 42.9 Å². The number of benzene rings is 3. The first kappa shape index (κ1) is 23.5. The Balaban J connectivity index is 1.56. The standard InChI is InChI=1S/C28H31FN4O/c1-4-22-6-5-7-25(19-22)30-28(31-27(34)23-10-12-24(29)13-11-23)33-16-14-32(15-17-33)26-18-20(2)8-9-21(26)3/h5-13,18-19H,4,14-17H2,1-3H3,(H,30,31,34). The highest BCUT2D eigenvalue weighted by Gasteiger charge is 2.23. The van der Waals surface area contributed by atoms with Gasteiger partial charge in [-0.25, -0.2) is 9.38 Å². The quantitative estimate of drug-likeness (QED) is 0.429. The van der Waals surface area contributed by atoms with Gasteiger partial charge in [0, 0.05) is 37.4 Å². The SMILES string of the molecule is CCc1cccc(N=C(NC(=O)c2ccc(F)cc2)N2CCN(c3cc(C)ccc3C)CC2)c1. The van der Waals surface area contributed by atoms with Gasteiger partial charge in [0.25, 0.3) is 5.91 Å². The zero-order valence-electron chi connectivity index (χ0n) is 20.0. The van der Waals surface area contributed by atoms with Crippen LogP contribution >= 0.6 is 0 Å². The molecular weight excluding hydrogens is 427 g/mol. The highest BCUT2D eigenvalue weighted by Crippen LogP contribution is 2.23. The van der Waals surface area contributed by atoms with Crippen molar-refractivity contribution in [3.05, 3.63) is 94.8 Å². The van der Waals surface area contributed by atoms with Crippen LogP contribution < -0.4 is 10.2 Å². The molecule has 0 aromatic heterocycles. The molecule has 1 aliphatic rings. The second-order valence-corrected chi connectivity index (χ2v) is 8.68. The predicted molar refractivity (Wildman–Crippen MR) is 136 cm³/mol. The molecular formula is C28H31FN4O. The highest BCUT2D eigenvalue weighted by atomic mass is 19.1. The van der Waals surface area contributed by atoms with Crippen LogP contribution in [0.1, 0.15) is 34.0 Å². The lowest BCUT2D eigenvalue weighted by Gasteiger charge is -2.38. The van der Waals surface area contributed by atoms with Crippen LogP contribution in [0.4, 0.5) is 15.8 Å². The first-order valence-corrected chi connectivity index (χ1v) is 11.7. The number of aryl methyl sites for hydroxylation is 3. The molecule has 0 aliphatic carbocycles. The smallest absolute Gasteiger partial charge is 0.257 e. The third kappa shape index (κ3) is 5.63. The summed E-state index contributed by atoms with van der Waals surface area (Å²) in [6, 6.07) is 20.1. The van der Waals surface area contributed by atoms with Crippen LogP contribution in [0, 0.1) is 19.7 Å². The van der Waals surface area contributed by atoms with Gasteiger partial charge in [-0.05, 0) is 79.4 Å². The summed E-state index contributed by atoms with van der Waals surface area (Å²) in [5.41, 5.74) is 6.13. The number of nitrogens with zero attached hydrogens (tertiary/aromatic N) is 3. The minimum Gasteiger partial charge on any atom is -0.368 e. The average molecular weight is 459 g/mol. The van der Waals surface area contributed by atoms with Gasteiger partial charge in [0.2, 0.25) is 5.96 Å². The summed E-state index contributed by atoms with van der Waals surface area (Å²) < 4.78 is 13.3. The number of carbonyl (C=O) groups excluding carboxylic acids is 1. The van der Waals surface area contributed by atoms with Crippen LogP contribution in [0.15, 0.2) is 71.7 Å². The molecule has 5 nitrogen and oxygen atoms in total. The van der Waals surface area contributed by atoms with Crippen LogP contribution in [0.3, 0.4) is 0 Å². The second-order valence-electron chi connectivity index (χ2n) is 8.68. The number of carbonyl (C=O) groups is 1. The normalized spacial score (nSPS) is 14.3. The van der Waals surface area contributed by atoms with Crippen molar-refractivity contribution in [3.8, 4) is 0 Å². The zero-order chi connectivity index (χ0) is 24.1. The molecule has 1 amide bonds. The van der Waals surface area contributed by atoms with E-state index in [-0.39, 0.29) is 11.7 Å². The molecule has 0 spiro atoms. The summed E-state index contributed by atoms with van der Waals surface area (Å²) in [7, 11) is 0. The fourth-order valence-corrected chi connectivity index (χ4v) is 4.14. The number of piperazine rings is 1. The molecule has 0 bridgehead atoms. The van der Waals surface area contributed by atoms with E-state index in [1.54, 1.807) is 0 Å². The molecule has 3 aromatic rings. The summed E-state index contributed by atoms with van der Waals surface area (Å²) in [5.74, 6) is -0.157. The Hall–Kier alpha value is -3.67. The first-order valence-electron chi connectivity index (χ1n) is 11.7. The molecule has 176 valence electrons. The van der Waals surface area contributed by atoms with Gasteiger partial charge in [0.1, 0.15) is 5.82 Å². The molecule has 34 heavy (non-hydrogen) atoms. The lowest BCUT2D eigenvalue weighted by Crippen LogP contribution is -2.53. The topological polar surface area (TPSA) is 47.9 Å². The molecule has 0 radical (unpaired) electrons. The molecule has 1 aliphatic heterocycles. The minimum atomic E-state index is -0.371. The number of nitrogens with one attached hydrogen (secondary N) is 1. The van der Waals surface area contributed by atoms with Crippen LogP contribution in [0.2, 0.25) is 0 Å². The number of amides is 1. The van der Waals surface area contributed by atoms with E-state index >= 15 is 0 Å². The third-order valence-corrected chi connectivity index (χ3v) is 6.17. The summed E-state index contributed by atoms with van der Waals surface area (Å²) in [5, 5.41) is 2.98. The monoisotopic (exact) mass is 458 g/mol. The number of anilines is 1. The average Bonchev–Trinajstić information content (AvgIpc) is 2.85. The molecule has 1 heterocycles. The number of guanidine groups is 1. The van der Waals surface area contributed by atoms with E-state index in [1.807, 2.05) is 18.2 Å². The van der Waals surface area contributed by atoms with Gasteiger partial charge in [-0.3, -0.25) is 10.1 Å². The molecule has 4 rings (SSSR count). The zero-order valence-corrected chi connectivity index (χ0v) is 20.0. The number of aliphatic imine (C=N–C) groups is 1. The highest BCUT2D eigenvalue weighted by molar-refractivity contribution is 6.06. The van der Waals surface area contributed by atoms with Gasteiger partial charge in [0.05, 0.1) is 5.69 Å². The first-order chi connectivity index (χ1) is 16.4. The maximum absolute atomic E-state index is 13.3. The number of rotatable bonds is 4. The van der Waals surface area contributed by atoms with Crippen molar-refractivity contribution in [1.82, 2.24) is 10.2 Å². The Morgan fingerprint density at radius 1 is 0.971 bits per heavy atom. The molecule has 3 aromatic carbocycles. The number of hydrogen-bond donors (Lipinski definition) is 1. The predicted octanol–water partition coefficient (Wildman–Crippen LogP) is 5.24. The van der Waals surface area contributed by atoms with E-state index < -0.39 is 0 Å².